The Hall–Kier alpha value is -2.71. The van der Waals surface area contributed by atoms with Gasteiger partial charge in [0.05, 0.1) is 4.88 Å². The van der Waals surface area contributed by atoms with Crippen molar-refractivity contribution in [2.45, 2.75) is 25.4 Å². The topological polar surface area (TPSA) is 54.3 Å². The second-order valence-electron chi connectivity index (χ2n) is 7.94. The average molecular weight is 496 g/mol. The second-order valence-corrected chi connectivity index (χ2v) is 9.89. The van der Waals surface area contributed by atoms with Gasteiger partial charge >= 0.3 is 0 Å². The number of imidazole rings is 1. The highest BCUT2D eigenvalue weighted by Crippen LogP contribution is 2.36. The maximum absolute atomic E-state index is 13.5. The van der Waals surface area contributed by atoms with Crippen LogP contribution in [0.5, 0.6) is 0 Å². The lowest BCUT2D eigenvalue weighted by atomic mass is 10.2. The summed E-state index contributed by atoms with van der Waals surface area (Å²) in [7, 11) is 3.96. The smallest absolute Gasteiger partial charge is 0.264 e. The molecule has 0 unspecified atom stereocenters. The number of amides is 1. The van der Waals surface area contributed by atoms with Gasteiger partial charge < -0.3 is 9.80 Å². The summed E-state index contributed by atoms with van der Waals surface area (Å²) in [4.78, 5) is 28.2. The maximum Gasteiger partial charge on any atom is 0.264 e. The van der Waals surface area contributed by atoms with Crippen LogP contribution in [-0.2, 0) is 6.54 Å². The standard InChI is InChI=1S/C23H22BrN5OS/c1-27(2)23-26-19-12-20(31-22(19)29(23)18-7-5-16(24)6-8-18)21(30)28(17-9-10-17)14-15-4-3-11-25-13-15/h3-8,11-13,17H,9-10,14H2,1-2H3. The van der Waals surface area contributed by atoms with Crippen LogP contribution in [0.4, 0.5) is 5.95 Å². The molecule has 1 aliphatic rings. The predicted molar refractivity (Wildman–Crippen MR) is 128 cm³/mol. The minimum atomic E-state index is 0.0723. The van der Waals surface area contributed by atoms with Crippen molar-refractivity contribution in [2.75, 3.05) is 19.0 Å². The second kappa shape index (κ2) is 8.09. The first-order valence-electron chi connectivity index (χ1n) is 10.2. The van der Waals surface area contributed by atoms with E-state index in [0.29, 0.717) is 12.6 Å². The van der Waals surface area contributed by atoms with Crippen molar-refractivity contribution in [3.63, 3.8) is 0 Å². The molecule has 158 valence electrons. The number of anilines is 1. The van der Waals surface area contributed by atoms with Crippen molar-refractivity contribution in [3.05, 3.63) is 69.8 Å². The van der Waals surface area contributed by atoms with Crippen LogP contribution >= 0.6 is 27.3 Å². The summed E-state index contributed by atoms with van der Waals surface area (Å²) in [5.41, 5.74) is 2.91. The van der Waals surface area contributed by atoms with E-state index in [0.717, 1.165) is 49.7 Å². The van der Waals surface area contributed by atoms with Gasteiger partial charge in [0.25, 0.3) is 5.91 Å². The minimum absolute atomic E-state index is 0.0723. The number of carbonyl (C=O) groups is 1. The summed E-state index contributed by atoms with van der Waals surface area (Å²) in [6.07, 6.45) is 5.71. The fourth-order valence-corrected chi connectivity index (χ4v) is 5.01. The first-order valence-corrected chi connectivity index (χ1v) is 11.8. The summed E-state index contributed by atoms with van der Waals surface area (Å²) < 4.78 is 3.14. The molecule has 31 heavy (non-hydrogen) atoms. The molecule has 1 saturated carbocycles. The van der Waals surface area contributed by atoms with Gasteiger partial charge in [-0.3, -0.25) is 14.3 Å². The van der Waals surface area contributed by atoms with Gasteiger partial charge in [0, 0.05) is 49.2 Å². The average Bonchev–Trinajstić information content (AvgIpc) is 3.42. The number of rotatable bonds is 6. The lowest BCUT2D eigenvalue weighted by Crippen LogP contribution is -2.32. The van der Waals surface area contributed by atoms with E-state index in [1.54, 1.807) is 6.20 Å². The van der Waals surface area contributed by atoms with E-state index in [-0.39, 0.29) is 5.91 Å². The highest BCUT2D eigenvalue weighted by molar-refractivity contribution is 9.10. The van der Waals surface area contributed by atoms with Crippen LogP contribution in [0, 0.1) is 0 Å². The van der Waals surface area contributed by atoms with E-state index in [4.69, 9.17) is 4.98 Å². The van der Waals surface area contributed by atoms with Crippen LogP contribution in [0.15, 0.2) is 59.3 Å². The molecule has 3 heterocycles. The summed E-state index contributed by atoms with van der Waals surface area (Å²) >= 11 is 5.01. The van der Waals surface area contributed by atoms with Crippen LogP contribution in [-0.4, -0.2) is 45.5 Å². The Balaban J connectivity index is 1.53. The maximum atomic E-state index is 13.5. The molecule has 0 bridgehead atoms. The van der Waals surface area contributed by atoms with Crippen LogP contribution < -0.4 is 4.90 Å². The quantitative estimate of drug-likeness (QED) is 0.372. The van der Waals surface area contributed by atoms with Crippen molar-refractivity contribution in [1.29, 1.82) is 0 Å². The van der Waals surface area contributed by atoms with Gasteiger partial charge in [-0.25, -0.2) is 4.98 Å². The Morgan fingerprint density at radius 1 is 1.23 bits per heavy atom. The van der Waals surface area contributed by atoms with Crippen molar-refractivity contribution in [1.82, 2.24) is 19.4 Å². The number of hydrogen-bond donors (Lipinski definition) is 0. The summed E-state index contributed by atoms with van der Waals surface area (Å²) in [5, 5.41) is 0. The number of nitrogens with zero attached hydrogens (tertiary/aromatic N) is 5. The number of hydrogen-bond acceptors (Lipinski definition) is 5. The highest BCUT2D eigenvalue weighted by Gasteiger charge is 2.34. The van der Waals surface area contributed by atoms with E-state index in [1.807, 2.05) is 60.4 Å². The lowest BCUT2D eigenvalue weighted by Gasteiger charge is -2.21. The van der Waals surface area contributed by atoms with E-state index >= 15 is 0 Å². The van der Waals surface area contributed by atoms with Gasteiger partial charge in [-0.05, 0) is 54.8 Å². The molecule has 0 saturated heterocycles. The Labute approximate surface area is 193 Å². The zero-order valence-electron chi connectivity index (χ0n) is 17.3. The number of aromatic nitrogens is 3. The van der Waals surface area contributed by atoms with Crippen LogP contribution in [0.3, 0.4) is 0 Å². The first-order chi connectivity index (χ1) is 15.0. The molecule has 1 aliphatic carbocycles. The SMILES string of the molecule is CN(C)c1nc2cc(C(=O)N(Cc3cccnc3)C3CC3)sc2n1-c1ccc(Br)cc1. The van der Waals surface area contributed by atoms with E-state index in [9.17, 15) is 4.79 Å². The van der Waals surface area contributed by atoms with Gasteiger partial charge in [0.2, 0.25) is 5.95 Å². The molecule has 1 amide bonds. The van der Waals surface area contributed by atoms with Crippen molar-refractivity contribution in [3.8, 4) is 5.69 Å². The molecule has 0 N–H and O–H groups in total. The van der Waals surface area contributed by atoms with E-state index in [1.165, 1.54) is 11.3 Å². The highest BCUT2D eigenvalue weighted by atomic mass is 79.9. The molecule has 3 aromatic heterocycles. The van der Waals surface area contributed by atoms with Gasteiger partial charge in [0.1, 0.15) is 10.3 Å². The monoisotopic (exact) mass is 495 g/mol. The predicted octanol–water partition coefficient (Wildman–Crippen LogP) is 5.12. The molecule has 0 radical (unpaired) electrons. The van der Waals surface area contributed by atoms with Crippen LogP contribution in [0.1, 0.15) is 28.1 Å². The van der Waals surface area contributed by atoms with Crippen LogP contribution in [0.25, 0.3) is 16.0 Å². The van der Waals surface area contributed by atoms with E-state index < -0.39 is 0 Å². The molecule has 0 atom stereocenters. The molecule has 4 aromatic rings. The number of carbonyl (C=O) groups excluding carboxylic acids is 1. The molecular weight excluding hydrogens is 474 g/mol. The molecule has 0 spiro atoms. The number of benzene rings is 1. The van der Waals surface area contributed by atoms with E-state index in [2.05, 4.69) is 37.6 Å². The fourth-order valence-electron chi connectivity index (χ4n) is 3.67. The lowest BCUT2D eigenvalue weighted by molar-refractivity contribution is 0.0735. The zero-order valence-corrected chi connectivity index (χ0v) is 19.7. The Bertz CT molecular complexity index is 1230. The number of pyridine rings is 1. The molecular formula is C23H22BrN5OS. The third-order valence-corrected chi connectivity index (χ3v) is 6.96. The Kier molecular flexibility index (Phi) is 5.27. The fraction of sp³-hybridized carbons (Fsp3) is 0.261. The summed E-state index contributed by atoms with van der Waals surface area (Å²) in [6.45, 7) is 0.586. The molecule has 5 rings (SSSR count). The summed E-state index contributed by atoms with van der Waals surface area (Å²) in [5.74, 6) is 0.917. The van der Waals surface area contributed by atoms with Crippen molar-refractivity contribution < 1.29 is 4.79 Å². The minimum Gasteiger partial charge on any atom is -0.348 e. The van der Waals surface area contributed by atoms with Gasteiger partial charge in [0.15, 0.2) is 0 Å². The molecule has 6 nitrogen and oxygen atoms in total. The van der Waals surface area contributed by atoms with Crippen molar-refractivity contribution >= 4 is 49.5 Å². The largest absolute Gasteiger partial charge is 0.348 e. The number of fused-ring (bicyclic) bond motifs is 1. The molecule has 8 heteroatoms. The third kappa shape index (κ3) is 3.97. The van der Waals surface area contributed by atoms with Gasteiger partial charge in [-0.2, -0.15) is 0 Å². The number of thiophene rings is 1. The van der Waals surface area contributed by atoms with Crippen LogP contribution in [0.2, 0.25) is 0 Å². The molecule has 0 aliphatic heterocycles. The Morgan fingerprint density at radius 3 is 2.65 bits per heavy atom. The summed E-state index contributed by atoms with van der Waals surface area (Å²) in [6, 6.07) is 14.3. The third-order valence-electron chi connectivity index (χ3n) is 5.34. The molecule has 1 fully saturated rings. The van der Waals surface area contributed by atoms with Gasteiger partial charge in [-0.1, -0.05) is 22.0 Å². The normalized spacial score (nSPS) is 13.5. The van der Waals surface area contributed by atoms with Gasteiger partial charge in [-0.15, -0.1) is 11.3 Å². The number of halogens is 1. The Morgan fingerprint density at radius 2 is 2.00 bits per heavy atom. The first kappa shape index (κ1) is 20.2. The van der Waals surface area contributed by atoms with Crippen molar-refractivity contribution in [2.24, 2.45) is 0 Å². The molecule has 1 aromatic carbocycles. The zero-order chi connectivity index (χ0) is 21.5.